The van der Waals surface area contributed by atoms with Crippen LogP contribution in [0.2, 0.25) is 0 Å². The van der Waals surface area contributed by atoms with Crippen LogP contribution < -0.4 is 10.4 Å². The molecule has 0 saturated heterocycles. The molecule has 2 aromatic rings. The first kappa shape index (κ1) is 12.8. The minimum atomic E-state index is -1.53. The third-order valence-corrected chi connectivity index (χ3v) is 5.36. The summed E-state index contributed by atoms with van der Waals surface area (Å²) in [5, 5.41) is 2.65. The van der Waals surface area contributed by atoms with Gasteiger partial charge in [0.2, 0.25) is 9.04 Å². The first-order valence-corrected chi connectivity index (χ1v) is 7.87. The van der Waals surface area contributed by atoms with E-state index < -0.39 is 9.04 Å². The molecule has 0 saturated carbocycles. The van der Waals surface area contributed by atoms with Gasteiger partial charge in [-0.2, -0.15) is 0 Å². The molecule has 0 bridgehead atoms. The van der Waals surface area contributed by atoms with Crippen LogP contribution in [0, 0.1) is 0 Å². The normalized spacial score (nSPS) is 10.5. The average molecular weight is 254 g/mol. The van der Waals surface area contributed by atoms with Crippen LogP contribution in [0.1, 0.15) is 6.42 Å². The lowest BCUT2D eigenvalue weighted by Gasteiger charge is -2.16. The minimum Gasteiger partial charge on any atom is -0.411 e. The average Bonchev–Trinajstić information content (AvgIpc) is 2.46. The molecule has 2 heteroatoms. The van der Waals surface area contributed by atoms with Crippen LogP contribution >= 0.6 is 0 Å². The van der Waals surface area contributed by atoms with Crippen molar-refractivity contribution in [3.8, 4) is 0 Å². The van der Waals surface area contributed by atoms with Gasteiger partial charge < -0.3 is 4.43 Å². The Bertz CT molecular complexity index is 427. The predicted octanol–water partition coefficient (Wildman–Crippen LogP) is 2.12. The Morgan fingerprint density at radius 1 is 0.889 bits per heavy atom. The zero-order valence-electron chi connectivity index (χ0n) is 10.5. The molecule has 0 N–H and O–H groups in total. The first-order chi connectivity index (χ1) is 8.92. The Balaban J connectivity index is 2.21. The fourth-order valence-corrected chi connectivity index (χ4v) is 4.19. The smallest absolute Gasteiger partial charge is 0.239 e. The standard InChI is InChI=1S/C16H18OSi/c1-2-3-14-17-18(15-10-6-4-7-11-15)16-12-8-5-9-13-16/h2,4-13,18H,1,3,14H2. The number of hydrogen-bond acceptors (Lipinski definition) is 1. The lowest BCUT2D eigenvalue weighted by atomic mass is 10.4. The van der Waals surface area contributed by atoms with Gasteiger partial charge in [-0.25, -0.2) is 0 Å². The van der Waals surface area contributed by atoms with Gasteiger partial charge in [0.25, 0.3) is 0 Å². The summed E-state index contributed by atoms with van der Waals surface area (Å²) in [4.78, 5) is 0. The van der Waals surface area contributed by atoms with Gasteiger partial charge in [0.1, 0.15) is 0 Å². The molecule has 2 aromatic carbocycles. The molecule has 0 radical (unpaired) electrons. The van der Waals surface area contributed by atoms with Crippen LogP contribution in [0.4, 0.5) is 0 Å². The van der Waals surface area contributed by atoms with E-state index in [0.717, 1.165) is 13.0 Å². The molecule has 0 unspecified atom stereocenters. The summed E-state index contributed by atoms with van der Waals surface area (Å²) < 4.78 is 6.12. The van der Waals surface area contributed by atoms with Gasteiger partial charge in [0.05, 0.1) is 0 Å². The molecular formula is C16H18OSi. The van der Waals surface area contributed by atoms with Crippen LogP contribution in [0.25, 0.3) is 0 Å². The Hall–Kier alpha value is -1.64. The number of benzene rings is 2. The van der Waals surface area contributed by atoms with Crippen LogP contribution in [0.5, 0.6) is 0 Å². The summed E-state index contributed by atoms with van der Waals surface area (Å²) in [5.41, 5.74) is 0. The van der Waals surface area contributed by atoms with Crippen molar-refractivity contribution in [2.45, 2.75) is 6.42 Å². The topological polar surface area (TPSA) is 9.23 Å². The largest absolute Gasteiger partial charge is 0.411 e. The lowest BCUT2D eigenvalue weighted by Crippen LogP contribution is -2.45. The van der Waals surface area contributed by atoms with Crippen LogP contribution in [-0.4, -0.2) is 15.6 Å². The molecule has 0 spiro atoms. The highest BCUT2D eigenvalue weighted by molar-refractivity contribution is 6.80. The molecule has 0 aromatic heterocycles. The fourth-order valence-electron chi connectivity index (χ4n) is 1.91. The SMILES string of the molecule is C=CCCO[SiH](c1ccccc1)c1ccccc1. The third-order valence-electron chi connectivity index (χ3n) is 2.81. The Labute approximate surface area is 110 Å². The van der Waals surface area contributed by atoms with Crippen LogP contribution in [0.15, 0.2) is 73.3 Å². The second-order valence-electron chi connectivity index (χ2n) is 4.15. The molecule has 0 aliphatic rings. The van der Waals surface area contributed by atoms with E-state index in [4.69, 9.17) is 4.43 Å². The Kier molecular flexibility index (Phi) is 4.94. The van der Waals surface area contributed by atoms with Crippen molar-refractivity contribution in [3.05, 3.63) is 73.3 Å². The van der Waals surface area contributed by atoms with Gasteiger partial charge in [0, 0.05) is 6.61 Å². The van der Waals surface area contributed by atoms with Gasteiger partial charge in [-0.15, -0.1) is 6.58 Å². The molecular weight excluding hydrogens is 236 g/mol. The minimum absolute atomic E-state index is 0.754. The fraction of sp³-hybridized carbons (Fsp3) is 0.125. The van der Waals surface area contributed by atoms with E-state index in [1.807, 2.05) is 18.2 Å². The zero-order valence-corrected chi connectivity index (χ0v) is 11.6. The molecule has 0 fully saturated rings. The summed E-state index contributed by atoms with van der Waals surface area (Å²) in [5.74, 6) is 0. The second kappa shape index (κ2) is 6.94. The monoisotopic (exact) mass is 254 g/mol. The molecule has 1 nitrogen and oxygen atoms in total. The van der Waals surface area contributed by atoms with Gasteiger partial charge >= 0.3 is 0 Å². The first-order valence-electron chi connectivity index (χ1n) is 6.24. The summed E-state index contributed by atoms with van der Waals surface area (Å²) in [6.45, 7) is 4.49. The van der Waals surface area contributed by atoms with E-state index in [-0.39, 0.29) is 0 Å². The van der Waals surface area contributed by atoms with E-state index in [1.54, 1.807) is 0 Å². The van der Waals surface area contributed by atoms with Crippen molar-refractivity contribution in [1.29, 1.82) is 0 Å². The van der Waals surface area contributed by atoms with E-state index in [2.05, 4.69) is 55.1 Å². The molecule has 2 rings (SSSR count). The molecule has 0 aliphatic heterocycles. The quantitative estimate of drug-likeness (QED) is 0.436. The number of hydrogen-bond donors (Lipinski definition) is 0. The molecule has 18 heavy (non-hydrogen) atoms. The van der Waals surface area contributed by atoms with Gasteiger partial charge in [-0.05, 0) is 16.8 Å². The van der Waals surface area contributed by atoms with Crippen molar-refractivity contribution < 1.29 is 4.43 Å². The van der Waals surface area contributed by atoms with E-state index in [1.165, 1.54) is 10.4 Å². The Morgan fingerprint density at radius 3 is 1.83 bits per heavy atom. The van der Waals surface area contributed by atoms with Crippen LogP contribution in [0.3, 0.4) is 0 Å². The lowest BCUT2D eigenvalue weighted by molar-refractivity contribution is 0.341. The summed E-state index contributed by atoms with van der Waals surface area (Å²) in [6.07, 6.45) is 2.81. The van der Waals surface area contributed by atoms with Gasteiger partial charge in [-0.1, -0.05) is 66.7 Å². The maximum atomic E-state index is 6.12. The summed E-state index contributed by atoms with van der Waals surface area (Å²) in [7, 11) is -1.53. The number of rotatable bonds is 6. The van der Waals surface area contributed by atoms with Crippen molar-refractivity contribution in [1.82, 2.24) is 0 Å². The van der Waals surface area contributed by atoms with Crippen molar-refractivity contribution in [2.75, 3.05) is 6.61 Å². The zero-order chi connectivity index (χ0) is 12.6. The third kappa shape index (κ3) is 3.42. The van der Waals surface area contributed by atoms with E-state index in [9.17, 15) is 0 Å². The molecule has 0 amide bonds. The van der Waals surface area contributed by atoms with Crippen molar-refractivity contribution >= 4 is 19.4 Å². The maximum absolute atomic E-state index is 6.12. The van der Waals surface area contributed by atoms with Crippen molar-refractivity contribution in [3.63, 3.8) is 0 Å². The highest BCUT2D eigenvalue weighted by atomic mass is 28.3. The highest BCUT2D eigenvalue weighted by Crippen LogP contribution is 1.96. The molecule has 92 valence electrons. The molecule has 0 atom stereocenters. The summed E-state index contributed by atoms with van der Waals surface area (Å²) >= 11 is 0. The van der Waals surface area contributed by atoms with E-state index in [0.29, 0.717) is 0 Å². The predicted molar refractivity (Wildman–Crippen MR) is 80.1 cm³/mol. The summed E-state index contributed by atoms with van der Waals surface area (Å²) in [6, 6.07) is 21.1. The molecule has 0 heterocycles. The Morgan fingerprint density at radius 2 is 1.39 bits per heavy atom. The maximum Gasteiger partial charge on any atom is 0.239 e. The second-order valence-corrected chi connectivity index (χ2v) is 6.58. The van der Waals surface area contributed by atoms with Gasteiger partial charge in [0.15, 0.2) is 0 Å². The van der Waals surface area contributed by atoms with Gasteiger partial charge in [-0.3, -0.25) is 0 Å². The van der Waals surface area contributed by atoms with Crippen molar-refractivity contribution in [2.24, 2.45) is 0 Å². The van der Waals surface area contributed by atoms with E-state index >= 15 is 0 Å². The highest BCUT2D eigenvalue weighted by Gasteiger charge is 2.16. The molecule has 0 aliphatic carbocycles. The van der Waals surface area contributed by atoms with Crippen LogP contribution in [-0.2, 0) is 4.43 Å².